The van der Waals surface area contributed by atoms with Gasteiger partial charge in [0.25, 0.3) is 5.70 Å². The van der Waals surface area contributed by atoms with E-state index in [4.69, 9.17) is 0 Å². The summed E-state index contributed by atoms with van der Waals surface area (Å²) in [5.74, 6) is 0.230. The van der Waals surface area contributed by atoms with E-state index in [-0.39, 0.29) is 11.6 Å². The van der Waals surface area contributed by atoms with E-state index < -0.39 is 4.92 Å². The number of nitrogens with zero attached hydrogens (tertiary/aromatic N) is 1. The molecule has 0 saturated heterocycles. The summed E-state index contributed by atoms with van der Waals surface area (Å²) in [6.07, 6.45) is 6.90. The van der Waals surface area contributed by atoms with E-state index in [1.807, 2.05) is 13.0 Å². The fourth-order valence-corrected chi connectivity index (χ4v) is 1.62. The average Bonchev–Trinajstić information content (AvgIpc) is 2.10. The molecule has 0 amide bonds. The molecular formula is C8H8BrNO2. The zero-order chi connectivity index (χ0) is 9.14. The van der Waals surface area contributed by atoms with Crippen LogP contribution in [0.2, 0.25) is 0 Å². The van der Waals surface area contributed by atoms with E-state index in [2.05, 4.69) is 15.9 Å². The third-order valence-electron chi connectivity index (χ3n) is 1.52. The zero-order valence-electron chi connectivity index (χ0n) is 6.53. The molecule has 1 aliphatic carbocycles. The molecule has 0 heterocycles. The van der Waals surface area contributed by atoms with Crippen molar-refractivity contribution < 1.29 is 4.92 Å². The molecule has 1 atom stereocenters. The molecule has 0 aromatic heterocycles. The Morgan fingerprint density at radius 3 is 2.92 bits per heavy atom. The summed E-state index contributed by atoms with van der Waals surface area (Å²) < 4.78 is 0.546. The van der Waals surface area contributed by atoms with Crippen LogP contribution in [-0.4, -0.2) is 4.92 Å². The predicted octanol–water partition coefficient (Wildman–Crippen LogP) is 2.63. The van der Waals surface area contributed by atoms with Crippen LogP contribution in [0.3, 0.4) is 0 Å². The highest BCUT2D eigenvalue weighted by Gasteiger charge is 2.15. The molecule has 0 radical (unpaired) electrons. The van der Waals surface area contributed by atoms with E-state index in [9.17, 15) is 10.1 Å². The van der Waals surface area contributed by atoms with Crippen molar-refractivity contribution in [3.05, 3.63) is 44.6 Å². The van der Waals surface area contributed by atoms with Gasteiger partial charge in [0.05, 0.1) is 9.41 Å². The quantitative estimate of drug-likeness (QED) is 0.513. The average molecular weight is 230 g/mol. The molecule has 1 rings (SSSR count). The van der Waals surface area contributed by atoms with Gasteiger partial charge in [-0.15, -0.1) is 0 Å². The number of nitro groups is 1. The lowest BCUT2D eigenvalue weighted by molar-refractivity contribution is -0.419. The lowest BCUT2D eigenvalue weighted by atomic mass is 10.2. The van der Waals surface area contributed by atoms with Crippen molar-refractivity contribution in [3.8, 4) is 0 Å². The van der Waals surface area contributed by atoms with Gasteiger partial charge in [-0.3, -0.25) is 10.1 Å². The van der Waals surface area contributed by atoms with Gasteiger partial charge in [0.2, 0.25) is 0 Å². The van der Waals surface area contributed by atoms with Gasteiger partial charge in [0.1, 0.15) is 0 Å². The Morgan fingerprint density at radius 1 is 1.67 bits per heavy atom. The molecule has 0 N–H and O–H groups in total. The van der Waals surface area contributed by atoms with Gasteiger partial charge in [-0.25, -0.2) is 0 Å². The van der Waals surface area contributed by atoms with Crippen molar-refractivity contribution in [2.45, 2.75) is 6.92 Å². The summed E-state index contributed by atoms with van der Waals surface area (Å²) in [7, 11) is 0. The lowest BCUT2D eigenvalue weighted by Crippen LogP contribution is -1.97. The minimum atomic E-state index is -0.400. The summed E-state index contributed by atoms with van der Waals surface area (Å²) in [6.45, 7) is 1.97. The van der Waals surface area contributed by atoms with Crippen LogP contribution in [0.1, 0.15) is 6.92 Å². The highest BCUT2D eigenvalue weighted by Crippen LogP contribution is 2.22. The normalized spacial score (nSPS) is 22.7. The topological polar surface area (TPSA) is 43.1 Å². The van der Waals surface area contributed by atoms with Gasteiger partial charge in [-0.05, 0) is 21.8 Å². The van der Waals surface area contributed by atoms with Crippen molar-refractivity contribution in [1.29, 1.82) is 0 Å². The van der Waals surface area contributed by atoms with Gasteiger partial charge in [-0.1, -0.05) is 25.2 Å². The highest BCUT2D eigenvalue weighted by atomic mass is 79.9. The molecular weight excluding hydrogens is 222 g/mol. The van der Waals surface area contributed by atoms with Gasteiger partial charge in [0, 0.05) is 6.08 Å². The SMILES string of the molecule is CC1C=CC=C([N+](=O)[O-])C(Br)=C1. The van der Waals surface area contributed by atoms with E-state index in [0.717, 1.165) is 0 Å². The number of allylic oxidation sites excluding steroid dienone is 5. The van der Waals surface area contributed by atoms with E-state index >= 15 is 0 Å². The molecule has 0 bridgehead atoms. The smallest absolute Gasteiger partial charge is 0.258 e. The van der Waals surface area contributed by atoms with Gasteiger partial charge < -0.3 is 0 Å². The first kappa shape index (κ1) is 9.19. The molecule has 0 fully saturated rings. The van der Waals surface area contributed by atoms with Crippen molar-refractivity contribution >= 4 is 15.9 Å². The summed E-state index contributed by atoms with van der Waals surface area (Å²) in [6, 6.07) is 0. The Labute approximate surface area is 78.7 Å². The molecule has 0 aliphatic heterocycles. The van der Waals surface area contributed by atoms with Gasteiger partial charge in [0.15, 0.2) is 0 Å². The largest absolute Gasteiger partial charge is 0.283 e. The van der Waals surface area contributed by atoms with E-state index in [1.165, 1.54) is 6.08 Å². The maximum absolute atomic E-state index is 10.5. The van der Waals surface area contributed by atoms with Crippen LogP contribution >= 0.6 is 15.9 Å². The molecule has 0 aromatic rings. The van der Waals surface area contributed by atoms with Crippen LogP contribution in [0.25, 0.3) is 0 Å². The van der Waals surface area contributed by atoms with Crippen LogP contribution in [0.4, 0.5) is 0 Å². The molecule has 64 valence electrons. The fourth-order valence-electron chi connectivity index (χ4n) is 0.921. The Balaban J connectivity index is 3.02. The molecule has 4 heteroatoms. The van der Waals surface area contributed by atoms with Crippen molar-refractivity contribution in [3.63, 3.8) is 0 Å². The molecule has 0 aromatic carbocycles. The minimum absolute atomic E-state index is 0.107. The van der Waals surface area contributed by atoms with Gasteiger partial charge >= 0.3 is 0 Å². The van der Waals surface area contributed by atoms with Crippen LogP contribution in [-0.2, 0) is 0 Å². The summed E-state index contributed by atoms with van der Waals surface area (Å²) in [4.78, 5) is 10.1. The monoisotopic (exact) mass is 229 g/mol. The minimum Gasteiger partial charge on any atom is -0.258 e. The Hall–Kier alpha value is -0.900. The fraction of sp³-hybridized carbons (Fsp3) is 0.250. The highest BCUT2D eigenvalue weighted by molar-refractivity contribution is 9.11. The maximum Gasteiger partial charge on any atom is 0.283 e. The first-order valence-corrected chi connectivity index (χ1v) is 4.31. The van der Waals surface area contributed by atoms with E-state index in [0.29, 0.717) is 4.48 Å². The summed E-state index contributed by atoms with van der Waals surface area (Å²) in [5.41, 5.74) is 0.107. The molecule has 12 heavy (non-hydrogen) atoms. The molecule has 1 aliphatic rings. The summed E-state index contributed by atoms with van der Waals surface area (Å²) >= 11 is 3.16. The number of rotatable bonds is 1. The Bertz CT molecular complexity index is 291. The number of halogens is 1. The molecule has 1 unspecified atom stereocenters. The second-order valence-electron chi connectivity index (χ2n) is 2.57. The Kier molecular flexibility index (Phi) is 2.81. The maximum atomic E-state index is 10.5. The zero-order valence-corrected chi connectivity index (χ0v) is 8.11. The third kappa shape index (κ3) is 2.04. The van der Waals surface area contributed by atoms with E-state index in [1.54, 1.807) is 12.2 Å². The second-order valence-corrected chi connectivity index (χ2v) is 3.42. The van der Waals surface area contributed by atoms with Crippen molar-refractivity contribution in [1.82, 2.24) is 0 Å². The van der Waals surface area contributed by atoms with Crippen LogP contribution in [0, 0.1) is 16.0 Å². The Morgan fingerprint density at radius 2 is 2.33 bits per heavy atom. The van der Waals surface area contributed by atoms with Crippen LogP contribution in [0.5, 0.6) is 0 Å². The predicted molar refractivity (Wildman–Crippen MR) is 50.4 cm³/mol. The van der Waals surface area contributed by atoms with Gasteiger partial charge in [-0.2, -0.15) is 0 Å². The number of hydrogen-bond acceptors (Lipinski definition) is 2. The van der Waals surface area contributed by atoms with Crippen LogP contribution in [0.15, 0.2) is 34.5 Å². The number of hydrogen-bond donors (Lipinski definition) is 0. The standard InChI is InChI=1S/C8H8BrNO2/c1-6-3-2-4-8(10(11)12)7(9)5-6/h2-6H,1H3. The molecule has 0 spiro atoms. The lowest BCUT2D eigenvalue weighted by Gasteiger charge is -1.96. The van der Waals surface area contributed by atoms with Crippen LogP contribution < -0.4 is 0 Å². The van der Waals surface area contributed by atoms with Crippen molar-refractivity contribution in [2.24, 2.45) is 5.92 Å². The summed E-state index contributed by atoms with van der Waals surface area (Å²) in [5, 5.41) is 10.5. The first-order valence-electron chi connectivity index (χ1n) is 3.52. The first-order chi connectivity index (χ1) is 5.61. The molecule has 3 nitrogen and oxygen atoms in total. The van der Waals surface area contributed by atoms with Crippen molar-refractivity contribution in [2.75, 3.05) is 0 Å². The molecule has 0 saturated carbocycles. The second kappa shape index (κ2) is 3.67. The third-order valence-corrected chi connectivity index (χ3v) is 2.19.